The Kier molecular flexibility index (Phi) is 6.30. The molecule has 138 valence electrons. The fraction of sp³-hybridized carbons (Fsp3) is 0.174. The Balaban J connectivity index is 1.56. The molecule has 0 N–H and O–H groups in total. The lowest BCUT2D eigenvalue weighted by atomic mass is 10.0. The molecule has 0 aliphatic rings. The van der Waals surface area contributed by atoms with E-state index in [2.05, 4.69) is 41.9 Å². The van der Waals surface area contributed by atoms with E-state index in [-0.39, 0.29) is 6.61 Å². The third-order valence-electron chi connectivity index (χ3n) is 4.16. The van der Waals surface area contributed by atoms with Crippen molar-refractivity contribution in [3.63, 3.8) is 0 Å². The predicted octanol–water partition coefficient (Wildman–Crippen LogP) is 6.22. The van der Waals surface area contributed by atoms with Crippen molar-refractivity contribution in [1.82, 2.24) is 0 Å². The SMILES string of the molecule is CC(C)c1ccc(OC(=O)COc2ccc(-c3ccccc3)cc2)c(Br)c1. The van der Waals surface area contributed by atoms with Crippen LogP contribution < -0.4 is 9.47 Å². The molecular formula is C23H21BrO3. The summed E-state index contributed by atoms with van der Waals surface area (Å²) in [6.07, 6.45) is 0. The molecular weight excluding hydrogens is 404 g/mol. The summed E-state index contributed by atoms with van der Waals surface area (Å²) in [4.78, 5) is 12.1. The van der Waals surface area contributed by atoms with E-state index in [0.29, 0.717) is 17.4 Å². The van der Waals surface area contributed by atoms with Gasteiger partial charge in [-0.15, -0.1) is 0 Å². The minimum Gasteiger partial charge on any atom is -0.482 e. The standard InChI is InChI=1S/C23H21BrO3/c1-16(2)19-10-13-22(21(24)14-19)27-23(25)15-26-20-11-8-18(9-12-20)17-6-4-3-5-7-17/h3-14,16H,15H2,1-2H3. The largest absolute Gasteiger partial charge is 0.482 e. The van der Waals surface area contributed by atoms with E-state index in [4.69, 9.17) is 9.47 Å². The number of esters is 1. The topological polar surface area (TPSA) is 35.5 Å². The molecule has 4 heteroatoms. The third-order valence-corrected chi connectivity index (χ3v) is 4.78. The molecule has 0 radical (unpaired) electrons. The molecule has 0 aliphatic carbocycles. The van der Waals surface area contributed by atoms with Crippen LogP contribution >= 0.6 is 15.9 Å². The summed E-state index contributed by atoms with van der Waals surface area (Å²) < 4.78 is 11.7. The summed E-state index contributed by atoms with van der Waals surface area (Å²) in [6.45, 7) is 4.08. The van der Waals surface area contributed by atoms with Gasteiger partial charge in [0.25, 0.3) is 0 Å². The van der Waals surface area contributed by atoms with Crippen molar-refractivity contribution in [2.75, 3.05) is 6.61 Å². The molecule has 0 spiro atoms. The molecule has 0 saturated heterocycles. The quantitative estimate of drug-likeness (QED) is 0.347. The van der Waals surface area contributed by atoms with E-state index in [1.807, 2.05) is 54.6 Å². The van der Waals surface area contributed by atoms with Crippen molar-refractivity contribution in [2.24, 2.45) is 0 Å². The van der Waals surface area contributed by atoms with Crippen molar-refractivity contribution < 1.29 is 14.3 Å². The molecule has 3 aromatic carbocycles. The highest BCUT2D eigenvalue weighted by Gasteiger charge is 2.11. The molecule has 0 atom stereocenters. The van der Waals surface area contributed by atoms with Crippen LogP contribution in [-0.2, 0) is 4.79 Å². The first kappa shape index (κ1) is 19.2. The predicted molar refractivity (Wildman–Crippen MR) is 111 cm³/mol. The van der Waals surface area contributed by atoms with Crippen LogP contribution in [0.5, 0.6) is 11.5 Å². The first-order chi connectivity index (χ1) is 13.0. The normalized spacial score (nSPS) is 10.7. The van der Waals surface area contributed by atoms with E-state index in [0.717, 1.165) is 15.6 Å². The van der Waals surface area contributed by atoms with Gasteiger partial charge in [-0.05, 0) is 62.8 Å². The molecule has 3 aromatic rings. The number of rotatable bonds is 6. The van der Waals surface area contributed by atoms with Gasteiger partial charge < -0.3 is 9.47 Å². The molecule has 0 bridgehead atoms. The van der Waals surface area contributed by atoms with Gasteiger partial charge in [-0.1, -0.05) is 62.4 Å². The average Bonchev–Trinajstić information content (AvgIpc) is 2.69. The number of hydrogen-bond acceptors (Lipinski definition) is 3. The van der Waals surface area contributed by atoms with Gasteiger partial charge in [-0.2, -0.15) is 0 Å². The summed E-state index contributed by atoms with van der Waals surface area (Å²) in [6, 6.07) is 23.5. The van der Waals surface area contributed by atoms with E-state index in [1.54, 1.807) is 6.07 Å². The van der Waals surface area contributed by atoms with E-state index < -0.39 is 5.97 Å². The van der Waals surface area contributed by atoms with Crippen LogP contribution in [0.1, 0.15) is 25.3 Å². The monoisotopic (exact) mass is 424 g/mol. The van der Waals surface area contributed by atoms with Crippen LogP contribution in [0.2, 0.25) is 0 Å². The Morgan fingerprint density at radius 3 is 2.22 bits per heavy atom. The summed E-state index contributed by atoms with van der Waals surface area (Å²) >= 11 is 3.45. The van der Waals surface area contributed by atoms with E-state index in [9.17, 15) is 4.79 Å². The molecule has 0 saturated carbocycles. The molecule has 3 nitrogen and oxygen atoms in total. The van der Waals surface area contributed by atoms with Crippen molar-refractivity contribution >= 4 is 21.9 Å². The van der Waals surface area contributed by atoms with Crippen molar-refractivity contribution in [2.45, 2.75) is 19.8 Å². The summed E-state index contributed by atoms with van der Waals surface area (Å²) in [5, 5.41) is 0. The molecule has 0 aliphatic heterocycles. The minimum absolute atomic E-state index is 0.150. The van der Waals surface area contributed by atoms with Gasteiger partial charge in [-0.25, -0.2) is 4.79 Å². The smallest absolute Gasteiger partial charge is 0.349 e. The lowest BCUT2D eigenvalue weighted by Gasteiger charge is -2.11. The van der Waals surface area contributed by atoms with Crippen LogP contribution in [0.4, 0.5) is 0 Å². The summed E-state index contributed by atoms with van der Waals surface area (Å²) in [5.41, 5.74) is 3.41. The van der Waals surface area contributed by atoms with Crippen molar-refractivity contribution in [3.8, 4) is 22.6 Å². The van der Waals surface area contributed by atoms with Crippen LogP contribution in [-0.4, -0.2) is 12.6 Å². The highest BCUT2D eigenvalue weighted by Crippen LogP contribution is 2.29. The maximum Gasteiger partial charge on any atom is 0.349 e. The summed E-state index contributed by atoms with van der Waals surface area (Å²) in [7, 11) is 0. The van der Waals surface area contributed by atoms with Gasteiger partial charge >= 0.3 is 5.97 Å². The van der Waals surface area contributed by atoms with Crippen LogP contribution in [0.15, 0.2) is 77.3 Å². The highest BCUT2D eigenvalue weighted by molar-refractivity contribution is 9.10. The third kappa shape index (κ3) is 5.20. The second-order valence-electron chi connectivity index (χ2n) is 6.50. The molecule has 27 heavy (non-hydrogen) atoms. The number of halogens is 1. The molecule has 0 heterocycles. The van der Waals surface area contributed by atoms with E-state index in [1.165, 1.54) is 5.56 Å². The number of carbonyl (C=O) groups excluding carboxylic acids is 1. The Morgan fingerprint density at radius 1 is 0.926 bits per heavy atom. The fourth-order valence-electron chi connectivity index (χ4n) is 2.63. The minimum atomic E-state index is -0.444. The van der Waals surface area contributed by atoms with Gasteiger partial charge in [0.2, 0.25) is 0 Å². The summed E-state index contributed by atoms with van der Waals surface area (Å²) in [5.74, 6) is 1.08. The van der Waals surface area contributed by atoms with Crippen molar-refractivity contribution in [1.29, 1.82) is 0 Å². The molecule has 0 fully saturated rings. The molecule has 0 aromatic heterocycles. The van der Waals surface area contributed by atoms with Crippen LogP contribution in [0.25, 0.3) is 11.1 Å². The Hall–Kier alpha value is -2.59. The van der Waals surface area contributed by atoms with Crippen LogP contribution in [0.3, 0.4) is 0 Å². The Bertz CT molecular complexity index is 903. The number of ether oxygens (including phenoxy) is 2. The zero-order chi connectivity index (χ0) is 19.2. The zero-order valence-electron chi connectivity index (χ0n) is 15.3. The van der Waals surface area contributed by atoms with Gasteiger partial charge in [0.1, 0.15) is 11.5 Å². The first-order valence-electron chi connectivity index (χ1n) is 8.81. The molecule has 0 unspecified atom stereocenters. The maximum absolute atomic E-state index is 12.1. The highest BCUT2D eigenvalue weighted by atomic mass is 79.9. The van der Waals surface area contributed by atoms with Gasteiger partial charge in [0, 0.05) is 0 Å². The van der Waals surface area contributed by atoms with Gasteiger partial charge in [0.15, 0.2) is 6.61 Å². The molecule has 3 rings (SSSR count). The van der Waals surface area contributed by atoms with Crippen molar-refractivity contribution in [3.05, 3.63) is 82.8 Å². The second-order valence-corrected chi connectivity index (χ2v) is 7.35. The van der Waals surface area contributed by atoms with Gasteiger partial charge in [0.05, 0.1) is 4.47 Å². The average molecular weight is 425 g/mol. The van der Waals surface area contributed by atoms with Gasteiger partial charge in [-0.3, -0.25) is 0 Å². The van der Waals surface area contributed by atoms with E-state index >= 15 is 0 Å². The lowest BCUT2D eigenvalue weighted by molar-refractivity contribution is -0.136. The maximum atomic E-state index is 12.1. The zero-order valence-corrected chi connectivity index (χ0v) is 16.9. The molecule has 0 amide bonds. The second kappa shape index (κ2) is 8.87. The Morgan fingerprint density at radius 2 is 1.59 bits per heavy atom. The Labute approximate surface area is 168 Å². The lowest BCUT2D eigenvalue weighted by Crippen LogP contribution is -2.17. The number of carbonyl (C=O) groups is 1. The number of hydrogen-bond donors (Lipinski definition) is 0. The number of benzene rings is 3. The van der Waals surface area contributed by atoms with Crippen LogP contribution in [0, 0.1) is 0 Å². The first-order valence-corrected chi connectivity index (χ1v) is 9.60. The fourth-order valence-corrected chi connectivity index (χ4v) is 3.10.